The first kappa shape index (κ1) is 14.7. The van der Waals surface area contributed by atoms with Gasteiger partial charge in [-0.25, -0.2) is 0 Å². The Labute approximate surface area is 131 Å². The molecule has 22 heavy (non-hydrogen) atoms. The Morgan fingerprint density at radius 2 is 2.00 bits per heavy atom. The second-order valence-corrected chi connectivity index (χ2v) is 5.29. The number of hydrogen-bond acceptors (Lipinski definition) is 4. The Hall–Kier alpha value is -2.20. The summed E-state index contributed by atoms with van der Waals surface area (Å²) in [4.78, 5) is 0. The van der Waals surface area contributed by atoms with Crippen LogP contribution in [0.3, 0.4) is 0 Å². The number of nitrogens with one attached hydrogen (secondary N) is 1. The fraction of sp³-hybridized carbons (Fsp3) is 0.333. The number of ether oxygens (including phenoxy) is 3. The van der Waals surface area contributed by atoms with E-state index in [1.165, 1.54) is 0 Å². The van der Waals surface area contributed by atoms with Gasteiger partial charge in [0.25, 0.3) is 0 Å². The fourth-order valence-corrected chi connectivity index (χ4v) is 2.79. The Kier molecular flexibility index (Phi) is 4.49. The summed E-state index contributed by atoms with van der Waals surface area (Å²) in [6.07, 6.45) is 0.940. The van der Waals surface area contributed by atoms with Crippen LogP contribution in [0.25, 0.3) is 0 Å². The van der Waals surface area contributed by atoms with Crippen molar-refractivity contribution >= 4 is 0 Å². The maximum atomic E-state index is 5.73. The molecule has 0 aromatic heterocycles. The molecule has 3 rings (SSSR count). The van der Waals surface area contributed by atoms with Crippen LogP contribution in [0.4, 0.5) is 0 Å². The van der Waals surface area contributed by atoms with E-state index >= 15 is 0 Å². The van der Waals surface area contributed by atoms with E-state index in [1.807, 2.05) is 36.4 Å². The molecule has 116 valence electrons. The van der Waals surface area contributed by atoms with Crippen molar-refractivity contribution in [3.8, 4) is 17.2 Å². The molecular formula is C18H21NO3. The third kappa shape index (κ3) is 3.02. The maximum Gasteiger partial charge on any atom is 0.124 e. The standard InChI is InChI=1S/C18H21NO3/c1-20-14-7-8-18-15(11-14)16(9-10-22-18)19-12-13-5-3-4-6-17(13)21-2/h3-8,11,16,19H,9-10,12H2,1-2H3. The molecule has 1 unspecified atom stereocenters. The molecular weight excluding hydrogens is 278 g/mol. The third-order valence-corrected chi connectivity index (χ3v) is 3.99. The summed E-state index contributed by atoms with van der Waals surface area (Å²) in [7, 11) is 3.39. The molecule has 0 saturated heterocycles. The summed E-state index contributed by atoms with van der Waals surface area (Å²) in [5.74, 6) is 2.70. The molecule has 2 aromatic rings. The zero-order chi connectivity index (χ0) is 15.4. The molecule has 0 aliphatic carbocycles. The lowest BCUT2D eigenvalue weighted by atomic mass is 9.99. The van der Waals surface area contributed by atoms with Gasteiger partial charge in [0.2, 0.25) is 0 Å². The van der Waals surface area contributed by atoms with E-state index < -0.39 is 0 Å². The van der Waals surface area contributed by atoms with Gasteiger partial charge in [0.05, 0.1) is 20.8 Å². The van der Waals surface area contributed by atoms with Crippen LogP contribution in [-0.2, 0) is 6.54 Å². The van der Waals surface area contributed by atoms with Crippen molar-refractivity contribution in [2.75, 3.05) is 20.8 Å². The number of methoxy groups -OCH3 is 2. The Morgan fingerprint density at radius 3 is 2.82 bits per heavy atom. The monoisotopic (exact) mass is 299 g/mol. The summed E-state index contributed by atoms with van der Waals surface area (Å²) in [6.45, 7) is 1.48. The highest BCUT2D eigenvalue weighted by Crippen LogP contribution is 2.35. The van der Waals surface area contributed by atoms with Gasteiger partial charge < -0.3 is 19.5 Å². The molecule has 2 aromatic carbocycles. The quantitative estimate of drug-likeness (QED) is 0.919. The van der Waals surface area contributed by atoms with Crippen molar-refractivity contribution in [1.29, 1.82) is 0 Å². The average molecular weight is 299 g/mol. The minimum Gasteiger partial charge on any atom is -0.497 e. The molecule has 0 fully saturated rings. The lowest BCUT2D eigenvalue weighted by molar-refractivity contribution is 0.251. The SMILES string of the molecule is COc1ccc2c(c1)C(NCc1ccccc1OC)CCO2. The minimum atomic E-state index is 0.253. The Balaban J connectivity index is 1.77. The van der Waals surface area contributed by atoms with Crippen molar-refractivity contribution in [2.45, 2.75) is 19.0 Å². The van der Waals surface area contributed by atoms with E-state index in [0.717, 1.165) is 47.9 Å². The van der Waals surface area contributed by atoms with Gasteiger partial charge >= 0.3 is 0 Å². The smallest absolute Gasteiger partial charge is 0.124 e. The molecule has 1 N–H and O–H groups in total. The average Bonchev–Trinajstić information content (AvgIpc) is 2.59. The summed E-state index contributed by atoms with van der Waals surface area (Å²) in [6, 6.07) is 14.3. The van der Waals surface area contributed by atoms with Crippen LogP contribution < -0.4 is 19.5 Å². The van der Waals surface area contributed by atoms with Gasteiger partial charge in [-0.2, -0.15) is 0 Å². The van der Waals surface area contributed by atoms with Gasteiger partial charge in [0.1, 0.15) is 17.2 Å². The largest absolute Gasteiger partial charge is 0.497 e. The Bertz CT molecular complexity index is 642. The van der Waals surface area contributed by atoms with Crippen molar-refractivity contribution in [2.24, 2.45) is 0 Å². The zero-order valence-electron chi connectivity index (χ0n) is 13.0. The van der Waals surface area contributed by atoms with E-state index in [9.17, 15) is 0 Å². The van der Waals surface area contributed by atoms with Gasteiger partial charge in [0, 0.05) is 30.1 Å². The molecule has 4 nitrogen and oxygen atoms in total. The molecule has 0 radical (unpaired) electrons. The molecule has 1 atom stereocenters. The summed E-state index contributed by atoms with van der Waals surface area (Å²) < 4.78 is 16.5. The summed E-state index contributed by atoms with van der Waals surface area (Å²) in [5, 5.41) is 3.60. The minimum absolute atomic E-state index is 0.253. The van der Waals surface area contributed by atoms with E-state index in [1.54, 1.807) is 14.2 Å². The first-order valence-electron chi connectivity index (χ1n) is 7.48. The second kappa shape index (κ2) is 6.71. The highest BCUT2D eigenvalue weighted by molar-refractivity contribution is 5.43. The molecule has 1 aliphatic heterocycles. The molecule has 0 spiro atoms. The van der Waals surface area contributed by atoms with Crippen LogP contribution in [0, 0.1) is 0 Å². The predicted molar refractivity (Wildman–Crippen MR) is 85.7 cm³/mol. The number of rotatable bonds is 5. The topological polar surface area (TPSA) is 39.7 Å². The highest BCUT2D eigenvalue weighted by Gasteiger charge is 2.22. The van der Waals surface area contributed by atoms with Crippen LogP contribution in [0.5, 0.6) is 17.2 Å². The molecule has 0 saturated carbocycles. The molecule has 1 aliphatic rings. The van der Waals surface area contributed by atoms with E-state index in [-0.39, 0.29) is 6.04 Å². The van der Waals surface area contributed by atoms with E-state index in [4.69, 9.17) is 14.2 Å². The van der Waals surface area contributed by atoms with E-state index in [2.05, 4.69) is 11.4 Å². The first-order valence-corrected chi connectivity index (χ1v) is 7.48. The number of fused-ring (bicyclic) bond motifs is 1. The normalized spacial score (nSPS) is 16.5. The molecule has 1 heterocycles. The third-order valence-electron chi connectivity index (χ3n) is 3.99. The number of hydrogen-bond donors (Lipinski definition) is 1. The second-order valence-electron chi connectivity index (χ2n) is 5.29. The molecule has 0 bridgehead atoms. The van der Waals surface area contributed by atoms with Gasteiger partial charge in [-0.05, 0) is 24.3 Å². The van der Waals surface area contributed by atoms with Gasteiger partial charge in [-0.3, -0.25) is 0 Å². The molecule has 0 amide bonds. The van der Waals surface area contributed by atoms with Crippen molar-refractivity contribution < 1.29 is 14.2 Å². The van der Waals surface area contributed by atoms with Crippen LogP contribution in [0.1, 0.15) is 23.6 Å². The van der Waals surface area contributed by atoms with Crippen molar-refractivity contribution in [3.05, 3.63) is 53.6 Å². The van der Waals surface area contributed by atoms with Crippen LogP contribution in [-0.4, -0.2) is 20.8 Å². The first-order chi connectivity index (χ1) is 10.8. The van der Waals surface area contributed by atoms with Crippen LogP contribution in [0.15, 0.2) is 42.5 Å². The van der Waals surface area contributed by atoms with E-state index in [0.29, 0.717) is 0 Å². The summed E-state index contributed by atoms with van der Waals surface area (Å²) >= 11 is 0. The highest BCUT2D eigenvalue weighted by atomic mass is 16.5. The predicted octanol–water partition coefficient (Wildman–Crippen LogP) is 3.32. The lowest BCUT2D eigenvalue weighted by Crippen LogP contribution is -2.27. The van der Waals surface area contributed by atoms with Crippen LogP contribution >= 0.6 is 0 Å². The summed E-state index contributed by atoms with van der Waals surface area (Å²) in [5.41, 5.74) is 2.31. The molecule has 4 heteroatoms. The number of benzene rings is 2. The maximum absolute atomic E-state index is 5.73. The van der Waals surface area contributed by atoms with Crippen molar-refractivity contribution in [1.82, 2.24) is 5.32 Å². The fourth-order valence-electron chi connectivity index (χ4n) is 2.79. The van der Waals surface area contributed by atoms with Gasteiger partial charge in [0.15, 0.2) is 0 Å². The zero-order valence-corrected chi connectivity index (χ0v) is 13.0. The van der Waals surface area contributed by atoms with Gasteiger partial charge in [-0.15, -0.1) is 0 Å². The Morgan fingerprint density at radius 1 is 1.14 bits per heavy atom. The van der Waals surface area contributed by atoms with Gasteiger partial charge in [-0.1, -0.05) is 18.2 Å². The number of para-hydroxylation sites is 1. The van der Waals surface area contributed by atoms with Crippen molar-refractivity contribution in [3.63, 3.8) is 0 Å². The lowest BCUT2D eigenvalue weighted by Gasteiger charge is -2.27. The van der Waals surface area contributed by atoms with Crippen LogP contribution in [0.2, 0.25) is 0 Å².